The van der Waals surface area contributed by atoms with E-state index >= 15 is 0 Å². The Hall–Kier alpha value is -2.53. The fraction of sp³-hybridized carbons (Fsp3) is 0.448. The van der Waals surface area contributed by atoms with Crippen LogP contribution in [-0.2, 0) is 11.0 Å². The lowest BCUT2D eigenvalue weighted by Gasteiger charge is -2.38. The third kappa shape index (κ3) is 4.43. The summed E-state index contributed by atoms with van der Waals surface area (Å²) in [7, 11) is 0. The van der Waals surface area contributed by atoms with Crippen LogP contribution < -0.4 is 5.32 Å². The van der Waals surface area contributed by atoms with E-state index in [1.54, 1.807) is 11.8 Å². The molecule has 1 atom stereocenters. The van der Waals surface area contributed by atoms with E-state index < -0.39 is 0 Å². The van der Waals surface area contributed by atoms with Crippen LogP contribution in [0.15, 0.2) is 59.5 Å². The second-order valence-corrected chi connectivity index (χ2v) is 11.0. The number of carbonyl (C=O) groups is 1. The zero-order chi connectivity index (χ0) is 24.5. The van der Waals surface area contributed by atoms with Crippen LogP contribution in [0.5, 0.6) is 0 Å². The zero-order valence-electron chi connectivity index (χ0n) is 21.3. The molecule has 1 N–H and O–H groups in total. The van der Waals surface area contributed by atoms with E-state index in [4.69, 9.17) is 5.10 Å². The van der Waals surface area contributed by atoms with Gasteiger partial charge in [0.05, 0.1) is 22.8 Å². The van der Waals surface area contributed by atoms with E-state index in [9.17, 15) is 4.79 Å². The molecule has 0 radical (unpaired) electrons. The lowest BCUT2D eigenvalue weighted by atomic mass is 9.71. The lowest BCUT2D eigenvalue weighted by Crippen LogP contribution is -2.38. The molecule has 180 valence electrons. The third-order valence-corrected chi connectivity index (χ3v) is 8.43. The van der Waals surface area contributed by atoms with Crippen molar-refractivity contribution >= 4 is 23.4 Å². The van der Waals surface area contributed by atoms with E-state index in [1.165, 1.54) is 16.0 Å². The highest BCUT2D eigenvalue weighted by molar-refractivity contribution is 7.98. The highest BCUT2D eigenvalue weighted by atomic mass is 32.2. The minimum absolute atomic E-state index is 0.146. The number of thioether (sulfide) groups is 1. The molecule has 2 heterocycles. The van der Waals surface area contributed by atoms with E-state index in [2.05, 4.69) is 87.8 Å². The molecular weight excluding hydrogens is 438 g/mol. The van der Waals surface area contributed by atoms with E-state index in [-0.39, 0.29) is 22.8 Å². The second-order valence-electron chi connectivity index (χ2n) is 10.2. The Morgan fingerprint density at radius 1 is 1.12 bits per heavy atom. The van der Waals surface area contributed by atoms with Crippen molar-refractivity contribution in [2.75, 3.05) is 11.6 Å². The van der Waals surface area contributed by atoms with E-state index in [0.29, 0.717) is 6.42 Å². The van der Waals surface area contributed by atoms with Crippen LogP contribution in [0.4, 0.5) is 5.82 Å². The molecule has 3 aromatic rings. The summed E-state index contributed by atoms with van der Waals surface area (Å²) in [6.07, 6.45) is 5.32. The fourth-order valence-electron chi connectivity index (χ4n) is 5.47. The number of aromatic nitrogens is 2. The summed E-state index contributed by atoms with van der Waals surface area (Å²) in [5.74, 6) is 1.04. The highest BCUT2D eigenvalue weighted by Crippen LogP contribution is 2.43. The minimum Gasteiger partial charge on any atom is -0.363 e. The smallest absolute Gasteiger partial charge is 0.169 e. The van der Waals surface area contributed by atoms with Crippen molar-refractivity contribution in [3.05, 3.63) is 77.0 Å². The first-order chi connectivity index (χ1) is 16.2. The summed E-state index contributed by atoms with van der Waals surface area (Å²) in [6.45, 7) is 10.8. The number of Topliss-reactive ketones (excluding diaryl/α,β-unsaturated/α-hetero) is 1. The molecule has 0 aliphatic carbocycles. The number of carbonyl (C=O) groups excluding carboxylic acids is 1. The predicted molar refractivity (Wildman–Crippen MR) is 143 cm³/mol. The van der Waals surface area contributed by atoms with Gasteiger partial charge >= 0.3 is 0 Å². The monoisotopic (exact) mass is 475 g/mol. The van der Waals surface area contributed by atoms with Crippen molar-refractivity contribution in [2.24, 2.45) is 0 Å². The summed E-state index contributed by atoms with van der Waals surface area (Å²) in [4.78, 5) is 15.2. The molecule has 1 aliphatic rings. The molecule has 0 fully saturated rings. The summed E-state index contributed by atoms with van der Waals surface area (Å²) in [6, 6.07) is 19.4. The quantitative estimate of drug-likeness (QED) is 0.270. The fourth-order valence-corrected chi connectivity index (χ4v) is 5.88. The number of hydrogen-bond donors (Lipinski definition) is 1. The molecular formula is C29H37N3OS. The number of anilines is 1. The van der Waals surface area contributed by atoms with Gasteiger partial charge in [-0.05, 0) is 69.5 Å². The Morgan fingerprint density at radius 2 is 1.76 bits per heavy atom. The summed E-state index contributed by atoms with van der Waals surface area (Å²) >= 11 is 1.74. The maximum Gasteiger partial charge on any atom is 0.169 e. The number of nitrogens with zero attached hydrogens (tertiary/aromatic N) is 2. The lowest BCUT2D eigenvalue weighted by molar-refractivity contribution is 0.0944. The Bertz CT molecular complexity index is 1140. The number of aryl methyl sites for hydroxylation is 1. The van der Waals surface area contributed by atoms with Crippen molar-refractivity contribution in [2.45, 2.75) is 82.2 Å². The van der Waals surface area contributed by atoms with Gasteiger partial charge < -0.3 is 5.32 Å². The Morgan fingerprint density at radius 3 is 2.35 bits per heavy atom. The van der Waals surface area contributed by atoms with Gasteiger partial charge in [0.15, 0.2) is 5.78 Å². The third-order valence-electron chi connectivity index (χ3n) is 7.68. The summed E-state index contributed by atoms with van der Waals surface area (Å²) in [5, 5.41) is 8.55. The number of nitrogens with one attached hydrogen (secondary N) is 1. The van der Waals surface area contributed by atoms with Gasteiger partial charge in [-0.15, -0.1) is 11.8 Å². The highest BCUT2D eigenvalue weighted by Gasteiger charge is 2.39. The van der Waals surface area contributed by atoms with Crippen LogP contribution >= 0.6 is 11.8 Å². The molecule has 1 aromatic heterocycles. The molecule has 1 aliphatic heterocycles. The predicted octanol–water partition coefficient (Wildman–Crippen LogP) is 7.54. The van der Waals surface area contributed by atoms with Crippen LogP contribution in [0.25, 0.3) is 0 Å². The van der Waals surface area contributed by atoms with Gasteiger partial charge in [0, 0.05) is 16.7 Å². The van der Waals surface area contributed by atoms with Gasteiger partial charge in [-0.25, -0.2) is 4.68 Å². The van der Waals surface area contributed by atoms with Crippen molar-refractivity contribution < 1.29 is 4.79 Å². The standard InChI is InChI=1S/C29H37N3OS/c1-7-29(8-2,22-14-16-23(34-6)17-15-22)19-25(33)26-20(3)31-32-27(26)30-24(18-28(32,4)5)21-12-10-9-11-13-21/h9-17,24,30H,7-8,18-19H2,1-6H3. The van der Waals surface area contributed by atoms with Gasteiger partial charge in [-0.2, -0.15) is 5.10 Å². The number of rotatable bonds is 8. The van der Waals surface area contributed by atoms with Gasteiger partial charge in [0.1, 0.15) is 5.82 Å². The van der Waals surface area contributed by atoms with Crippen LogP contribution in [0.3, 0.4) is 0 Å². The minimum atomic E-state index is -0.190. The van der Waals surface area contributed by atoms with Crippen molar-refractivity contribution in [1.82, 2.24) is 9.78 Å². The SMILES string of the molecule is CCC(CC)(CC(=O)c1c(C)nn2c1NC(c1ccccc1)CC2(C)C)c1ccc(SC)cc1. The van der Waals surface area contributed by atoms with Gasteiger partial charge in [-0.3, -0.25) is 4.79 Å². The van der Waals surface area contributed by atoms with Gasteiger partial charge in [-0.1, -0.05) is 56.3 Å². The Labute approximate surface area is 208 Å². The largest absolute Gasteiger partial charge is 0.363 e. The van der Waals surface area contributed by atoms with E-state index in [0.717, 1.165) is 36.3 Å². The topological polar surface area (TPSA) is 46.9 Å². The maximum absolute atomic E-state index is 14.0. The van der Waals surface area contributed by atoms with Crippen LogP contribution in [0.1, 0.15) is 86.6 Å². The molecule has 4 nitrogen and oxygen atoms in total. The van der Waals surface area contributed by atoms with Crippen molar-refractivity contribution in [3.8, 4) is 0 Å². The van der Waals surface area contributed by atoms with Crippen LogP contribution in [-0.4, -0.2) is 21.8 Å². The van der Waals surface area contributed by atoms with Gasteiger partial charge in [0.2, 0.25) is 0 Å². The molecule has 34 heavy (non-hydrogen) atoms. The molecule has 4 rings (SSSR count). The molecule has 0 spiro atoms. The van der Waals surface area contributed by atoms with Gasteiger partial charge in [0.25, 0.3) is 0 Å². The Kier molecular flexibility index (Phi) is 6.95. The molecule has 1 unspecified atom stereocenters. The van der Waals surface area contributed by atoms with E-state index in [1.807, 2.05) is 17.7 Å². The zero-order valence-corrected chi connectivity index (χ0v) is 22.1. The second kappa shape index (κ2) is 9.61. The number of benzene rings is 2. The number of fused-ring (bicyclic) bond motifs is 1. The molecule has 0 bridgehead atoms. The number of hydrogen-bond acceptors (Lipinski definition) is 4. The van der Waals surface area contributed by atoms with Crippen molar-refractivity contribution in [3.63, 3.8) is 0 Å². The molecule has 0 saturated carbocycles. The van der Waals surface area contributed by atoms with Crippen LogP contribution in [0.2, 0.25) is 0 Å². The first kappa shape index (κ1) is 24.6. The molecule has 0 saturated heterocycles. The molecule has 2 aromatic carbocycles. The van der Waals surface area contributed by atoms with Crippen molar-refractivity contribution in [1.29, 1.82) is 0 Å². The number of ketones is 1. The average Bonchev–Trinajstić information content (AvgIpc) is 3.20. The first-order valence-electron chi connectivity index (χ1n) is 12.3. The first-order valence-corrected chi connectivity index (χ1v) is 13.6. The average molecular weight is 476 g/mol. The Balaban J connectivity index is 1.71. The van der Waals surface area contributed by atoms with Crippen LogP contribution in [0, 0.1) is 6.92 Å². The molecule has 5 heteroatoms. The normalized spacial score (nSPS) is 17.2. The summed E-state index contributed by atoms with van der Waals surface area (Å²) < 4.78 is 2.04. The summed E-state index contributed by atoms with van der Waals surface area (Å²) in [5.41, 5.74) is 3.68. The molecule has 0 amide bonds. The maximum atomic E-state index is 14.0.